The number of nitrogens with zero attached hydrogens (tertiary/aromatic N) is 2. The molecule has 2 aromatic carbocycles. The van der Waals surface area contributed by atoms with Crippen molar-refractivity contribution in [2.75, 3.05) is 51.3 Å². The Bertz CT molecular complexity index is 652. The summed E-state index contributed by atoms with van der Waals surface area (Å²) in [6, 6.07) is 16.4. The van der Waals surface area contributed by atoms with Gasteiger partial charge in [0.15, 0.2) is 0 Å². The highest BCUT2D eigenvalue weighted by atomic mass is 16.5. The van der Waals surface area contributed by atoms with Gasteiger partial charge in [-0.25, -0.2) is 0 Å². The van der Waals surface area contributed by atoms with Gasteiger partial charge in [0.2, 0.25) is 0 Å². The molecule has 0 spiro atoms. The number of para-hydroxylation sites is 3. The van der Waals surface area contributed by atoms with Crippen molar-refractivity contribution < 1.29 is 9.47 Å². The van der Waals surface area contributed by atoms with E-state index in [9.17, 15) is 0 Å². The molecular formula is C20H26N2O2. The number of piperazine rings is 1. The number of ether oxygens (including phenoxy) is 2. The number of aryl methyl sites for hydroxylation is 1. The van der Waals surface area contributed by atoms with Crippen LogP contribution in [0, 0.1) is 6.92 Å². The molecule has 0 amide bonds. The molecule has 0 bridgehead atoms. The summed E-state index contributed by atoms with van der Waals surface area (Å²) in [5.74, 6) is 1.94. The van der Waals surface area contributed by atoms with E-state index in [1.807, 2.05) is 30.3 Å². The zero-order valence-electron chi connectivity index (χ0n) is 14.6. The third-order valence-corrected chi connectivity index (χ3v) is 4.56. The molecule has 1 saturated heterocycles. The van der Waals surface area contributed by atoms with Gasteiger partial charge in [-0.15, -0.1) is 0 Å². The summed E-state index contributed by atoms with van der Waals surface area (Å²) in [5, 5.41) is 0. The summed E-state index contributed by atoms with van der Waals surface area (Å²) in [6.07, 6.45) is 0. The number of anilines is 1. The average molecular weight is 326 g/mol. The van der Waals surface area contributed by atoms with Crippen molar-refractivity contribution in [2.24, 2.45) is 0 Å². The molecule has 128 valence electrons. The van der Waals surface area contributed by atoms with Crippen LogP contribution in [0.4, 0.5) is 5.69 Å². The smallest absolute Gasteiger partial charge is 0.142 e. The van der Waals surface area contributed by atoms with Crippen LogP contribution in [0.1, 0.15) is 5.56 Å². The molecule has 2 aromatic rings. The minimum atomic E-state index is 0.736. The Morgan fingerprint density at radius 3 is 2.25 bits per heavy atom. The van der Waals surface area contributed by atoms with Crippen LogP contribution in [-0.4, -0.2) is 51.3 Å². The van der Waals surface area contributed by atoms with Crippen LogP contribution in [0.15, 0.2) is 48.5 Å². The van der Waals surface area contributed by atoms with Gasteiger partial charge in [-0.2, -0.15) is 0 Å². The maximum atomic E-state index is 5.91. The van der Waals surface area contributed by atoms with Crippen molar-refractivity contribution in [3.63, 3.8) is 0 Å². The largest absolute Gasteiger partial charge is 0.495 e. The summed E-state index contributed by atoms with van der Waals surface area (Å²) in [7, 11) is 1.73. The maximum Gasteiger partial charge on any atom is 0.142 e. The lowest BCUT2D eigenvalue weighted by Gasteiger charge is -2.36. The van der Waals surface area contributed by atoms with Gasteiger partial charge in [-0.1, -0.05) is 30.3 Å². The van der Waals surface area contributed by atoms with Crippen molar-refractivity contribution in [3.05, 3.63) is 54.1 Å². The highest BCUT2D eigenvalue weighted by Crippen LogP contribution is 2.28. The lowest BCUT2D eigenvalue weighted by molar-refractivity contribution is 0.200. The minimum Gasteiger partial charge on any atom is -0.495 e. The Balaban J connectivity index is 1.46. The van der Waals surface area contributed by atoms with Gasteiger partial charge in [-0.05, 0) is 30.7 Å². The van der Waals surface area contributed by atoms with Gasteiger partial charge in [0.1, 0.15) is 18.1 Å². The molecule has 1 aliphatic rings. The SMILES string of the molecule is COc1ccccc1N1CCN(CCOc2ccccc2C)CC1. The van der Waals surface area contributed by atoms with Crippen LogP contribution in [0.3, 0.4) is 0 Å². The molecule has 0 aromatic heterocycles. The van der Waals surface area contributed by atoms with Gasteiger partial charge in [0.05, 0.1) is 12.8 Å². The van der Waals surface area contributed by atoms with E-state index in [1.165, 1.54) is 11.3 Å². The summed E-state index contributed by atoms with van der Waals surface area (Å²) in [4.78, 5) is 4.86. The van der Waals surface area contributed by atoms with Crippen LogP contribution in [0.2, 0.25) is 0 Å². The molecule has 4 nitrogen and oxygen atoms in total. The number of hydrogen-bond donors (Lipinski definition) is 0. The van der Waals surface area contributed by atoms with Crippen LogP contribution in [0.5, 0.6) is 11.5 Å². The summed E-state index contributed by atoms with van der Waals surface area (Å²) in [5.41, 5.74) is 2.38. The van der Waals surface area contributed by atoms with Crippen LogP contribution >= 0.6 is 0 Å². The molecule has 3 rings (SSSR count). The zero-order chi connectivity index (χ0) is 16.8. The average Bonchev–Trinajstić information content (AvgIpc) is 2.64. The van der Waals surface area contributed by atoms with Crippen molar-refractivity contribution in [2.45, 2.75) is 6.92 Å². The number of rotatable bonds is 6. The predicted octanol–water partition coefficient (Wildman–Crippen LogP) is 3.20. The fourth-order valence-corrected chi connectivity index (χ4v) is 3.11. The molecule has 24 heavy (non-hydrogen) atoms. The highest BCUT2D eigenvalue weighted by Gasteiger charge is 2.19. The van der Waals surface area contributed by atoms with Crippen LogP contribution < -0.4 is 14.4 Å². The standard InChI is InChI=1S/C20H26N2O2/c1-17-7-3-5-9-19(17)24-16-15-21-11-13-22(14-12-21)18-8-4-6-10-20(18)23-2/h3-10H,11-16H2,1-2H3. The van der Waals surface area contributed by atoms with Crippen molar-refractivity contribution in [3.8, 4) is 11.5 Å². The topological polar surface area (TPSA) is 24.9 Å². The maximum absolute atomic E-state index is 5.91. The molecule has 0 radical (unpaired) electrons. The van der Waals surface area contributed by atoms with E-state index in [1.54, 1.807) is 7.11 Å². The Morgan fingerprint density at radius 2 is 1.54 bits per heavy atom. The van der Waals surface area contributed by atoms with Gasteiger partial charge in [-0.3, -0.25) is 4.90 Å². The zero-order valence-corrected chi connectivity index (χ0v) is 14.6. The summed E-state index contributed by atoms with van der Waals surface area (Å²) < 4.78 is 11.4. The summed E-state index contributed by atoms with van der Waals surface area (Å²) in [6.45, 7) is 7.93. The monoisotopic (exact) mass is 326 g/mol. The fraction of sp³-hybridized carbons (Fsp3) is 0.400. The van der Waals surface area contributed by atoms with Crippen molar-refractivity contribution in [1.29, 1.82) is 0 Å². The molecule has 1 aliphatic heterocycles. The van der Waals surface area contributed by atoms with Gasteiger partial charge in [0.25, 0.3) is 0 Å². The van der Waals surface area contributed by atoms with E-state index in [0.29, 0.717) is 0 Å². The van der Waals surface area contributed by atoms with Crippen LogP contribution in [0.25, 0.3) is 0 Å². The van der Waals surface area contributed by atoms with Gasteiger partial charge >= 0.3 is 0 Å². The Morgan fingerprint density at radius 1 is 0.875 bits per heavy atom. The first kappa shape index (κ1) is 16.7. The van der Waals surface area contributed by atoms with Crippen molar-refractivity contribution >= 4 is 5.69 Å². The van der Waals surface area contributed by atoms with E-state index < -0.39 is 0 Å². The normalized spacial score (nSPS) is 15.3. The summed E-state index contributed by atoms with van der Waals surface area (Å²) >= 11 is 0. The Hall–Kier alpha value is -2.20. The third kappa shape index (κ3) is 4.01. The number of benzene rings is 2. The second kappa shape index (κ2) is 8.06. The molecule has 4 heteroatoms. The molecule has 0 saturated carbocycles. The Labute approximate surface area is 144 Å². The molecule has 1 fully saturated rings. The minimum absolute atomic E-state index is 0.736. The van der Waals surface area contributed by atoms with E-state index >= 15 is 0 Å². The van der Waals surface area contributed by atoms with Gasteiger partial charge < -0.3 is 14.4 Å². The molecule has 0 unspecified atom stereocenters. The first-order valence-electron chi connectivity index (χ1n) is 8.56. The quantitative estimate of drug-likeness (QED) is 0.814. The first-order valence-corrected chi connectivity index (χ1v) is 8.56. The molecule has 0 atom stereocenters. The van der Waals surface area contributed by atoms with E-state index in [4.69, 9.17) is 9.47 Å². The number of hydrogen-bond acceptors (Lipinski definition) is 4. The second-order valence-corrected chi connectivity index (χ2v) is 6.11. The molecule has 1 heterocycles. The van der Waals surface area contributed by atoms with Crippen LogP contribution in [-0.2, 0) is 0 Å². The first-order chi connectivity index (χ1) is 11.8. The predicted molar refractivity (Wildman–Crippen MR) is 98.3 cm³/mol. The second-order valence-electron chi connectivity index (χ2n) is 6.11. The van der Waals surface area contributed by atoms with E-state index in [2.05, 4.69) is 34.9 Å². The lowest BCUT2D eigenvalue weighted by atomic mass is 10.2. The van der Waals surface area contributed by atoms with Crippen molar-refractivity contribution in [1.82, 2.24) is 4.90 Å². The van der Waals surface area contributed by atoms with E-state index in [-0.39, 0.29) is 0 Å². The fourth-order valence-electron chi connectivity index (χ4n) is 3.11. The third-order valence-electron chi connectivity index (χ3n) is 4.56. The molecular weight excluding hydrogens is 300 g/mol. The molecule has 0 N–H and O–H groups in total. The molecule has 0 aliphatic carbocycles. The number of methoxy groups -OCH3 is 1. The highest BCUT2D eigenvalue weighted by molar-refractivity contribution is 5.58. The van der Waals surface area contributed by atoms with E-state index in [0.717, 1.165) is 50.8 Å². The van der Waals surface area contributed by atoms with Gasteiger partial charge in [0, 0.05) is 32.7 Å². The Kier molecular flexibility index (Phi) is 5.59. The lowest BCUT2D eigenvalue weighted by Crippen LogP contribution is -2.47.